The first-order chi connectivity index (χ1) is 15.1. The second-order valence-electron chi connectivity index (χ2n) is 7.21. The van der Waals surface area contributed by atoms with Crippen LogP contribution in [0.2, 0.25) is 0 Å². The van der Waals surface area contributed by atoms with E-state index in [9.17, 15) is 4.79 Å². The number of fused-ring (bicyclic) bond motifs is 1. The Morgan fingerprint density at radius 3 is 2.74 bits per heavy atom. The van der Waals surface area contributed by atoms with E-state index in [4.69, 9.17) is 4.74 Å². The van der Waals surface area contributed by atoms with Gasteiger partial charge >= 0.3 is 0 Å². The molecule has 0 unspecified atom stereocenters. The minimum absolute atomic E-state index is 0.319. The number of imidazole rings is 1. The topological polar surface area (TPSA) is 97.5 Å². The molecule has 4 aromatic heterocycles. The number of thiazole rings is 1. The molecule has 5 heterocycles. The molecule has 0 radical (unpaired) electrons. The standard InChI is InChI=1S/C21H21N7O2S/c1-13-20(31-14(2)23-13)15-6-7-18-22-12-16(28(18)26-15)21(29)25-17-4-3-5-19(24-17)27-8-10-30-11-9-27/h3-7,12H,8-11H2,1-2H3,(H,24,25,29). The molecule has 0 atom stereocenters. The van der Waals surface area contributed by atoms with Gasteiger partial charge < -0.3 is 15.0 Å². The molecule has 1 amide bonds. The van der Waals surface area contributed by atoms with E-state index in [1.165, 1.54) is 6.20 Å². The fourth-order valence-corrected chi connectivity index (χ4v) is 4.44. The largest absolute Gasteiger partial charge is 0.378 e. The summed E-state index contributed by atoms with van der Waals surface area (Å²) in [5, 5.41) is 8.50. The van der Waals surface area contributed by atoms with E-state index in [1.807, 2.05) is 38.1 Å². The van der Waals surface area contributed by atoms with E-state index in [0.717, 1.165) is 40.2 Å². The molecule has 4 aromatic rings. The predicted octanol–water partition coefficient (Wildman–Crippen LogP) is 2.95. The summed E-state index contributed by atoms with van der Waals surface area (Å²) in [5.41, 5.74) is 2.62. The normalized spacial score (nSPS) is 14.2. The molecule has 1 fully saturated rings. The van der Waals surface area contributed by atoms with Crippen LogP contribution in [-0.4, -0.2) is 56.8 Å². The number of hydrogen-bond acceptors (Lipinski definition) is 8. The van der Waals surface area contributed by atoms with Gasteiger partial charge in [-0.05, 0) is 38.1 Å². The van der Waals surface area contributed by atoms with Crippen LogP contribution in [-0.2, 0) is 4.74 Å². The summed E-state index contributed by atoms with van der Waals surface area (Å²) in [6.45, 7) is 6.83. The van der Waals surface area contributed by atoms with Crippen molar-refractivity contribution >= 4 is 34.5 Å². The van der Waals surface area contributed by atoms with E-state index in [2.05, 4.69) is 30.3 Å². The number of aromatic nitrogens is 5. The van der Waals surface area contributed by atoms with Crippen molar-refractivity contribution in [2.24, 2.45) is 0 Å². The zero-order chi connectivity index (χ0) is 21.4. The SMILES string of the molecule is Cc1nc(C)c(-c2ccc3ncc(C(=O)Nc4cccc(N5CCOCC5)n4)n3n2)s1. The molecule has 0 aromatic carbocycles. The fraction of sp³-hybridized carbons (Fsp3) is 0.286. The number of rotatable bonds is 4. The van der Waals surface area contributed by atoms with Crippen LogP contribution in [0.3, 0.4) is 0 Å². The lowest BCUT2D eigenvalue weighted by Gasteiger charge is -2.27. The molecule has 0 bridgehead atoms. The molecule has 0 saturated carbocycles. The Bertz CT molecular complexity index is 1260. The summed E-state index contributed by atoms with van der Waals surface area (Å²) in [4.78, 5) is 29.5. The van der Waals surface area contributed by atoms with E-state index >= 15 is 0 Å². The fourth-order valence-electron chi connectivity index (χ4n) is 3.56. The molecule has 1 saturated heterocycles. The van der Waals surface area contributed by atoms with Crippen molar-refractivity contribution in [2.45, 2.75) is 13.8 Å². The van der Waals surface area contributed by atoms with E-state index in [0.29, 0.717) is 30.4 Å². The molecule has 10 heteroatoms. The molecule has 31 heavy (non-hydrogen) atoms. The first-order valence-electron chi connectivity index (χ1n) is 9.99. The third kappa shape index (κ3) is 3.87. The van der Waals surface area contributed by atoms with Gasteiger partial charge in [-0.15, -0.1) is 11.3 Å². The summed E-state index contributed by atoms with van der Waals surface area (Å²) in [6.07, 6.45) is 1.53. The Morgan fingerprint density at radius 2 is 1.97 bits per heavy atom. The first-order valence-corrected chi connectivity index (χ1v) is 10.8. The smallest absolute Gasteiger partial charge is 0.277 e. The van der Waals surface area contributed by atoms with E-state index < -0.39 is 0 Å². The third-order valence-electron chi connectivity index (χ3n) is 5.04. The van der Waals surface area contributed by atoms with E-state index in [-0.39, 0.29) is 5.91 Å². The van der Waals surface area contributed by atoms with Gasteiger partial charge in [-0.25, -0.2) is 19.5 Å². The van der Waals surface area contributed by atoms with Crippen LogP contribution < -0.4 is 10.2 Å². The zero-order valence-electron chi connectivity index (χ0n) is 17.2. The number of morpholine rings is 1. The molecular formula is C21H21N7O2S. The molecular weight excluding hydrogens is 414 g/mol. The first kappa shape index (κ1) is 19.6. The van der Waals surface area contributed by atoms with Crippen molar-refractivity contribution in [3.8, 4) is 10.6 Å². The second kappa shape index (κ2) is 8.05. The molecule has 1 aliphatic heterocycles. The third-order valence-corrected chi connectivity index (χ3v) is 6.14. The van der Waals surface area contributed by atoms with Crippen LogP contribution in [0.25, 0.3) is 16.2 Å². The number of hydrogen-bond donors (Lipinski definition) is 1. The van der Waals surface area contributed by atoms with Crippen LogP contribution in [0.1, 0.15) is 21.2 Å². The second-order valence-corrected chi connectivity index (χ2v) is 8.42. The summed E-state index contributed by atoms with van der Waals surface area (Å²) in [6, 6.07) is 9.34. The Morgan fingerprint density at radius 1 is 1.13 bits per heavy atom. The minimum Gasteiger partial charge on any atom is -0.378 e. The Balaban J connectivity index is 1.42. The van der Waals surface area contributed by atoms with Gasteiger partial charge in [-0.3, -0.25) is 4.79 Å². The molecule has 5 rings (SSSR count). The van der Waals surface area contributed by atoms with Crippen molar-refractivity contribution in [3.63, 3.8) is 0 Å². The summed E-state index contributed by atoms with van der Waals surface area (Å²) in [5.74, 6) is 0.978. The summed E-state index contributed by atoms with van der Waals surface area (Å²) < 4.78 is 6.96. The lowest BCUT2D eigenvalue weighted by atomic mass is 10.3. The average molecular weight is 436 g/mol. The molecule has 158 valence electrons. The molecule has 0 spiro atoms. The number of carbonyl (C=O) groups excluding carboxylic acids is 1. The highest BCUT2D eigenvalue weighted by Crippen LogP contribution is 2.28. The number of nitrogens with one attached hydrogen (secondary N) is 1. The van der Waals surface area contributed by atoms with Gasteiger partial charge in [-0.2, -0.15) is 5.10 Å². The zero-order valence-corrected chi connectivity index (χ0v) is 18.0. The van der Waals surface area contributed by atoms with Gasteiger partial charge in [0.25, 0.3) is 5.91 Å². The maximum atomic E-state index is 13.0. The minimum atomic E-state index is -0.319. The van der Waals surface area contributed by atoms with Crippen molar-refractivity contribution in [2.75, 3.05) is 36.5 Å². The lowest BCUT2D eigenvalue weighted by Crippen LogP contribution is -2.36. The van der Waals surface area contributed by atoms with Gasteiger partial charge in [0.05, 0.1) is 35.0 Å². The Labute approximate surface area is 182 Å². The number of pyridine rings is 1. The molecule has 0 aliphatic carbocycles. The van der Waals surface area contributed by atoms with Crippen molar-refractivity contribution in [1.82, 2.24) is 24.6 Å². The number of aryl methyl sites for hydroxylation is 2. The molecule has 1 aliphatic rings. The van der Waals surface area contributed by atoms with E-state index in [1.54, 1.807) is 21.9 Å². The maximum Gasteiger partial charge on any atom is 0.277 e. The lowest BCUT2D eigenvalue weighted by molar-refractivity contribution is 0.102. The van der Waals surface area contributed by atoms with Gasteiger partial charge in [0.2, 0.25) is 0 Å². The van der Waals surface area contributed by atoms with Crippen molar-refractivity contribution < 1.29 is 9.53 Å². The van der Waals surface area contributed by atoms with Crippen LogP contribution in [0.5, 0.6) is 0 Å². The van der Waals surface area contributed by atoms with Crippen molar-refractivity contribution in [3.05, 3.63) is 52.9 Å². The number of ether oxygens (including phenoxy) is 1. The number of amides is 1. The number of anilines is 2. The number of nitrogens with zero attached hydrogens (tertiary/aromatic N) is 6. The number of carbonyl (C=O) groups is 1. The van der Waals surface area contributed by atoms with Gasteiger partial charge in [0.15, 0.2) is 11.3 Å². The van der Waals surface area contributed by atoms with Crippen LogP contribution in [0, 0.1) is 13.8 Å². The highest BCUT2D eigenvalue weighted by Gasteiger charge is 2.18. The van der Waals surface area contributed by atoms with Gasteiger partial charge in [0.1, 0.15) is 17.3 Å². The molecule has 9 nitrogen and oxygen atoms in total. The predicted molar refractivity (Wildman–Crippen MR) is 119 cm³/mol. The Hall–Kier alpha value is -3.37. The maximum absolute atomic E-state index is 13.0. The average Bonchev–Trinajstić information content (AvgIpc) is 3.36. The van der Waals surface area contributed by atoms with Crippen molar-refractivity contribution in [1.29, 1.82) is 0 Å². The highest BCUT2D eigenvalue weighted by molar-refractivity contribution is 7.15. The Kier molecular flexibility index (Phi) is 5.08. The molecule has 1 N–H and O–H groups in total. The monoisotopic (exact) mass is 435 g/mol. The quantitative estimate of drug-likeness (QED) is 0.526. The van der Waals surface area contributed by atoms with Crippen LogP contribution >= 0.6 is 11.3 Å². The summed E-state index contributed by atoms with van der Waals surface area (Å²) in [7, 11) is 0. The van der Waals surface area contributed by atoms with Gasteiger partial charge in [-0.1, -0.05) is 6.07 Å². The van der Waals surface area contributed by atoms with Gasteiger partial charge in [0, 0.05) is 13.1 Å². The summed E-state index contributed by atoms with van der Waals surface area (Å²) >= 11 is 1.58. The van der Waals surface area contributed by atoms with Crippen LogP contribution in [0.15, 0.2) is 36.5 Å². The van der Waals surface area contributed by atoms with Crippen LogP contribution in [0.4, 0.5) is 11.6 Å². The highest BCUT2D eigenvalue weighted by atomic mass is 32.1.